The van der Waals surface area contributed by atoms with Crippen LogP contribution in [0, 0.1) is 0 Å². The molecule has 0 amide bonds. The van der Waals surface area contributed by atoms with Gasteiger partial charge in [0.25, 0.3) is 0 Å². The second kappa shape index (κ2) is 7.38. The zero-order chi connectivity index (χ0) is 20.4. The molecule has 5 nitrogen and oxygen atoms in total. The maximum Gasteiger partial charge on any atom is 0.437 e. The van der Waals surface area contributed by atoms with Crippen molar-refractivity contribution in [3.8, 4) is 11.6 Å². The molecule has 0 aliphatic carbocycles. The Morgan fingerprint density at radius 2 is 1.59 bits per heavy atom. The maximum atomic E-state index is 13.6. The number of rotatable bonds is 4. The van der Waals surface area contributed by atoms with Gasteiger partial charge in [-0.3, -0.25) is 0 Å². The summed E-state index contributed by atoms with van der Waals surface area (Å²) in [6, 6.07) is 15.3. The first-order chi connectivity index (χ1) is 14.0. The van der Waals surface area contributed by atoms with Crippen LogP contribution in [0.1, 0.15) is 17.0 Å². The van der Waals surface area contributed by atoms with E-state index in [-0.39, 0.29) is 11.3 Å². The van der Waals surface area contributed by atoms with Crippen LogP contribution in [0.5, 0.6) is 5.75 Å². The summed E-state index contributed by atoms with van der Waals surface area (Å²) in [4.78, 5) is 7.98. The minimum Gasteiger partial charge on any atom is -0.497 e. The number of benzene rings is 2. The summed E-state index contributed by atoms with van der Waals surface area (Å²) in [5.74, 6) is 0.351. The lowest BCUT2D eigenvalue weighted by molar-refractivity contribution is -0.141. The van der Waals surface area contributed by atoms with E-state index in [1.54, 1.807) is 55.7 Å². The van der Waals surface area contributed by atoms with Crippen molar-refractivity contribution in [2.75, 3.05) is 7.11 Å². The monoisotopic (exact) mass is 396 g/mol. The smallest absolute Gasteiger partial charge is 0.437 e. The third-order valence-corrected chi connectivity index (χ3v) is 4.26. The highest BCUT2D eigenvalue weighted by molar-refractivity contribution is 5.76. The molecule has 2 heterocycles. The zero-order valence-electron chi connectivity index (χ0n) is 15.3. The SMILES string of the molecule is COc1ccc(C=Cc2ccnn2-c2nc3ccccc3nc2C(F)(F)F)cc1. The molecule has 4 aromatic rings. The number of fused-ring (bicyclic) bond motifs is 1. The van der Waals surface area contributed by atoms with Crippen LogP contribution in [0.25, 0.3) is 29.0 Å². The average molecular weight is 396 g/mol. The summed E-state index contributed by atoms with van der Waals surface area (Å²) in [5, 5.41) is 4.05. The van der Waals surface area contributed by atoms with E-state index in [0.717, 1.165) is 10.2 Å². The Balaban J connectivity index is 1.79. The van der Waals surface area contributed by atoms with Crippen molar-refractivity contribution in [1.29, 1.82) is 0 Å². The highest BCUT2D eigenvalue weighted by atomic mass is 19.4. The lowest BCUT2D eigenvalue weighted by Crippen LogP contribution is -2.16. The summed E-state index contributed by atoms with van der Waals surface area (Å²) in [5.41, 5.74) is 0.747. The van der Waals surface area contributed by atoms with Crippen molar-refractivity contribution in [1.82, 2.24) is 19.7 Å². The van der Waals surface area contributed by atoms with Gasteiger partial charge in [-0.25, -0.2) is 14.6 Å². The van der Waals surface area contributed by atoms with E-state index in [4.69, 9.17) is 4.74 Å². The van der Waals surface area contributed by atoms with Crippen molar-refractivity contribution >= 4 is 23.2 Å². The van der Waals surface area contributed by atoms with Gasteiger partial charge >= 0.3 is 6.18 Å². The first-order valence-corrected chi connectivity index (χ1v) is 8.66. The lowest BCUT2D eigenvalue weighted by Gasteiger charge is -2.13. The molecule has 0 saturated carbocycles. The number of hydrogen-bond donors (Lipinski definition) is 0. The Bertz CT molecular complexity index is 1180. The minimum atomic E-state index is -4.67. The second-order valence-electron chi connectivity index (χ2n) is 6.16. The summed E-state index contributed by atoms with van der Waals surface area (Å²) < 4.78 is 47.2. The molecule has 2 aromatic heterocycles. The molecule has 4 rings (SSSR count). The zero-order valence-corrected chi connectivity index (χ0v) is 15.3. The number of aromatic nitrogens is 4. The predicted molar refractivity (Wildman–Crippen MR) is 104 cm³/mol. The minimum absolute atomic E-state index is 0.172. The van der Waals surface area contributed by atoms with Crippen LogP contribution < -0.4 is 4.74 Å². The van der Waals surface area contributed by atoms with Crippen LogP contribution in [0.2, 0.25) is 0 Å². The quantitative estimate of drug-likeness (QED) is 0.486. The molecular weight excluding hydrogens is 381 g/mol. The van der Waals surface area contributed by atoms with Gasteiger partial charge in [0.05, 0.1) is 30.0 Å². The molecular formula is C21H15F3N4O. The fourth-order valence-electron chi connectivity index (χ4n) is 2.84. The van der Waals surface area contributed by atoms with Crippen molar-refractivity contribution in [3.05, 3.63) is 77.7 Å². The molecule has 8 heteroatoms. The fourth-order valence-corrected chi connectivity index (χ4v) is 2.84. The summed E-state index contributed by atoms with van der Waals surface area (Å²) in [7, 11) is 1.58. The lowest BCUT2D eigenvalue weighted by atomic mass is 10.2. The number of hydrogen-bond acceptors (Lipinski definition) is 4. The van der Waals surface area contributed by atoms with E-state index in [1.807, 2.05) is 12.1 Å². The highest BCUT2D eigenvalue weighted by Crippen LogP contribution is 2.33. The van der Waals surface area contributed by atoms with Gasteiger partial charge in [0.15, 0.2) is 11.5 Å². The summed E-state index contributed by atoms with van der Waals surface area (Å²) in [6.45, 7) is 0. The van der Waals surface area contributed by atoms with E-state index in [2.05, 4.69) is 15.1 Å². The topological polar surface area (TPSA) is 52.8 Å². The Morgan fingerprint density at radius 1 is 0.897 bits per heavy atom. The van der Waals surface area contributed by atoms with E-state index in [0.29, 0.717) is 17.0 Å². The van der Waals surface area contributed by atoms with Crippen LogP contribution in [0.15, 0.2) is 60.8 Å². The number of alkyl halides is 3. The van der Waals surface area contributed by atoms with Gasteiger partial charge in [0.2, 0.25) is 0 Å². The van der Waals surface area contributed by atoms with Gasteiger partial charge in [-0.05, 0) is 42.0 Å². The third-order valence-electron chi connectivity index (χ3n) is 4.26. The molecule has 2 aromatic carbocycles. The molecule has 146 valence electrons. The van der Waals surface area contributed by atoms with E-state index < -0.39 is 11.9 Å². The number of para-hydroxylation sites is 2. The van der Waals surface area contributed by atoms with Gasteiger partial charge in [-0.2, -0.15) is 18.3 Å². The van der Waals surface area contributed by atoms with Crippen LogP contribution in [0.4, 0.5) is 13.2 Å². The normalized spacial score (nSPS) is 12.0. The van der Waals surface area contributed by atoms with Crippen LogP contribution in [-0.2, 0) is 6.18 Å². The fraction of sp³-hybridized carbons (Fsp3) is 0.0952. The molecule has 0 saturated heterocycles. The van der Waals surface area contributed by atoms with Gasteiger partial charge in [-0.1, -0.05) is 30.3 Å². The van der Waals surface area contributed by atoms with Gasteiger partial charge in [-0.15, -0.1) is 0 Å². The van der Waals surface area contributed by atoms with E-state index in [1.165, 1.54) is 12.3 Å². The largest absolute Gasteiger partial charge is 0.497 e. The van der Waals surface area contributed by atoms with Crippen molar-refractivity contribution in [2.24, 2.45) is 0 Å². The predicted octanol–water partition coefficient (Wildman–Crippen LogP) is 5.01. The molecule has 0 atom stereocenters. The van der Waals surface area contributed by atoms with Crippen molar-refractivity contribution in [3.63, 3.8) is 0 Å². The summed E-state index contributed by atoms with van der Waals surface area (Å²) >= 11 is 0. The first-order valence-electron chi connectivity index (χ1n) is 8.66. The average Bonchev–Trinajstić information content (AvgIpc) is 3.19. The molecule has 0 aliphatic heterocycles. The molecule has 0 unspecified atom stereocenters. The Kier molecular flexibility index (Phi) is 4.75. The van der Waals surface area contributed by atoms with Crippen LogP contribution >= 0.6 is 0 Å². The molecule has 0 radical (unpaired) electrons. The molecule has 0 aliphatic rings. The molecule has 0 N–H and O–H groups in total. The Labute approximate surface area is 164 Å². The van der Waals surface area contributed by atoms with Crippen molar-refractivity contribution in [2.45, 2.75) is 6.18 Å². The standard InChI is InChI=1S/C21H15F3N4O/c1-29-16-10-7-14(8-11-16)6-9-15-12-13-25-28(15)20-19(21(22,23)24)26-17-4-2-3-5-18(17)27-20/h2-13H,1H3. The Hall–Kier alpha value is -3.68. The van der Waals surface area contributed by atoms with Crippen LogP contribution in [-0.4, -0.2) is 26.9 Å². The third kappa shape index (κ3) is 3.82. The summed E-state index contributed by atoms with van der Waals surface area (Å²) in [6.07, 6.45) is 0.195. The van der Waals surface area contributed by atoms with Gasteiger partial charge in [0.1, 0.15) is 5.75 Å². The van der Waals surface area contributed by atoms with E-state index >= 15 is 0 Å². The van der Waals surface area contributed by atoms with Crippen LogP contribution in [0.3, 0.4) is 0 Å². The molecule has 0 bridgehead atoms. The van der Waals surface area contributed by atoms with Gasteiger partial charge < -0.3 is 4.74 Å². The number of methoxy groups -OCH3 is 1. The highest BCUT2D eigenvalue weighted by Gasteiger charge is 2.38. The second-order valence-corrected chi connectivity index (χ2v) is 6.16. The number of halogens is 3. The number of ether oxygens (including phenoxy) is 1. The molecule has 0 fully saturated rings. The van der Waals surface area contributed by atoms with E-state index in [9.17, 15) is 13.2 Å². The Morgan fingerprint density at radius 3 is 2.24 bits per heavy atom. The number of nitrogens with zero attached hydrogens (tertiary/aromatic N) is 4. The maximum absolute atomic E-state index is 13.6. The first kappa shape index (κ1) is 18.7. The molecule has 29 heavy (non-hydrogen) atoms. The van der Waals surface area contributed by atoms with Crippen molar-refractivity contribution < 1.29 is 17.9 Å². The molecule has 0 spiro atoms. The van der Waals surface area contributed by atoms with Gasteiger partial charge in [0, 0.05) is 0 Å².